The van der Waals surface area contributed by atoms with E-state index < -0.39 is 11.5 Å². The van der Waals surface area contributed by atoms with Crippen LogP contribution in [0.1, 0.15) is 4.88 Å². The lowest BCUT2D eigenvalue weighted by Gasteiger charge is -2.13. The molecule has 0 aliphatic carbocycles. The van der Waals surface area contributed by atoms with Gasteiger partial charge in [0.1, 0.15) is 17.6 Å². The summed E-state index contributed by atoms with van der Waals surface area (Å²) in [6.45, 7) is -0.162. The van der Waals surface area contributed by atoms with Crippen LogP contribution in [0.4, 0.5) is 4.79 Å². The van der Waals surface area contributed by atoms with Crippen LogP contribution in [-0.4, -0.2) is 44.6 Å². The van der Waals surface area contributed by atoms with Gasteiger partial charge in [-0.3, -0.25) is 28.6 Å². The number of hydrogen-bond acceptors (Lipinski definition) is 8. The van der Waals surface area contributed by atoms with Crippen LogP contribution in [0.2, 0.25) is 0 Å². The first-order chi connectivity index (χ1) is 16.0. The summed E-state index contributed by atoms with van der Waals surface area (Å²) in [4.78, 5) is 56.3. The first kappa shape index (κ1) is 21.2. The Morgan fingerprint density at radius 3 is 2.82 bits per heavy atom. The molecule has 1 saturated heterocycles. The third kappa shape index (κ3) is 4.08. The van der Waals surface area contributed by atoms with Crippen molar-refractivity contribution in [3.8, 4) is 0 Å². The van der Waals surface area contributed by atoms with E-state index in [1.54, 1.807) is 18.2 Å². The number of imide groups is 1. The van der Waals surface area contributed by atoms with Crippen molar-refractivity contribution in [2.45, 2.75) is 6.54 Å². The average molecular weight is 481 g/mol. The molecule has 1 aliphatic rings. The van der Waals surface area contributed by atoms with Crippen LogP contribution in [0, 0.1) is 0 Å². The number of furan rings is 1. The molecule has 33 heavy (non-hydrogen) atoms. The largest absolute Gasteiger partial charge is 0.448 e. The number of nitrogens with one attached hydrogen (secondary N) is 1. The van der Waals surface area contributed by atoms with Gasteiger partial charge < -0.3 is 9.73 Å². The van der Waals surface area contributed by atoms with Gasteiger partial charge in [0, 0.05) is 23.4 Å². The molecule has 0 unspecified atom stereocenters. The van der Waals surface area contributed by atoms with E-state index in [1.807, 2.05) is 29.6 Å². The number of aromatic nitrogens is 2. The number of hydrogen-bond donors (Lipinski definition) is 1. The second kappa shape index (κ2) is 8.68. The summed E-state index contributed by atoms with van der Waals surface area (Å²) in [5.74, 6) is -0.834. The molecule has 1 N–H and O–H groups in total. The Balaban J connectivity index is 1.21. The zero-order valence-corrected chi connectivity index (χ0v) is 18.6. The van der Waals surface area contributed by atoms with Crippen molar-refractivity contribution in [3.05, 3.63) is 68.2 Å². The number of carbonyl (C=O) groups excluding carboxylic acids is 3. The van der Waals surface area contributed by atoms with Gasteiger partial charge in [-0.25, -0.2) is 4.98 Å². The minimum Gasteiger partial charge on any atom is -0.448 e. The number of rotatable bonds is 6. The Bertz CT molecular complexity index is 1490. The first-order valence-electron chi connectivity index (χ1n) is 9.93. The second-order valence-electron chi connectivity index (χ2n) is 7.15. The summed E-state index contributed by atoms with van der Waals surface area (Å²) in [5, 5.41) is 4.87. The smallest absolute Gasteiger partial charge is 0.297 e. The Morgan fingerprint density at radius 1 is 1.15 bits per heavy atom. The molecule has 3 aromatic heterocycles. The third-order valence-corrected chi connectivity index (χ3v) is 6.74. The van der Waals surface area contributed by atoms with Crippen molar-refractivity contribution < 1.29 is 18.8 Å². The lowest BCUT2D eigenvalue weighted by atomic mass is 10.2. The van der Waals surface area contributed by atoms with Crippen molar-refractivity contribution in [2.75, 3.05) is 13.1 Å². The SMILES string of the molecule is O=C(Cn1cnc2c(oc3ccccc32)c1=O)NCCN1C(=O)S/C(=C\c2cccs2)C1=O. The molecule has 4 aromatic rings. The van der Waals surface area contributed by atoms with Gasteiger partial charge in [-0.05, 0) is 41.4 Å². The Kier molecular flexibility index (Phi) is 5.56. The van der Waals surface area contributed by atoms with Gasteiger partial charge in [0.2, 0.25) is 11.5 Å². The number of benzene rings is 1. The quantitative estimate of drug-likeness (QED) is 0.422. The van der Waals surface area contributed by atoms with E-state index in [4.69, 9.17) is 4.42 Å². The van der Waals surface area contributed by atoms with Crippen molar-refractivity contribution >= 4 is 68.3 Å². The molecular weight excluding hydrogens is 464 g/mol. The highest BCUT2D eigenvalue weighted by molar-refractivity contribution is 8.18. The highest BCUT2D eigenvalue weighted by atomic mass is 32.2. The maximum Gasteiger partial charge on any atom is 0.297 e. The number of nitrogens with zero attached hydrogens (tertiary/aromatic N) is 3. The van der Waals surface area contributed by atoms with E-state index in [2.05, 4.69) is 10.3 Å². The van der Waals surface area contributed by atoms with E-state index in [-0.39, 0.29) is 36.4 Å². The number of fused-ring (bicyclic) bond motifs is 3. The van der Waals surface area contributed by atoms with Gasteiger partial charge in [0.25, 0.3) is 16.7 Å². The van der Waals surface area contributed by atoms with Crippen LogP contribution in [0.5, 0.6) is 0 Å². The van der Waals surface area contributed by atoms with E-state index in [9.17, 15) is 19.2 Å². The molecular formula is C22H16N4O5S2. The molecule has 0 saturated carbocycles. The molecule has 0 radical (unpaired) electrons. The van der Waals surface area contributed by atoms with Gasteiger partial charge in [0.05, 0.1) is 11.2 Å². The van der Waals surface area contributed by atoms with Gasteiger partial charge in [-0.15, -0.1) is 11.3 Å². The standard InChI is InChI=1S/C22H16N4O5S2/c27-17(11-25-12-24-18-14-5-1-2-6-15(14)31-19(18)21(25)29)23-7-8-26-20(28)16(33-22(26)30)10-13-4-3-9-32-13/h1-6,9-10,12H,7-8,11H2,(H,23,27)/b16-10-. The van der Waals surface area contributed by atoms with Crippen LogP contribution >= 0.6 is 23.1 Å². The lowest BCUT2D eigenvalue weighted by molar-refractivity contribution is -0.124. The summed E-state index contributed by atoms with van der Waals surface area (Å²) >= 11 is 2.35. The Hall–Kier alpha value is -3.70. The highest BCUT2D eigenvalue weighted by Crippen LogP contribution is 2.32. The summed E-state index contributed by atoms with van der Waals surface area (Å²) in [5.41, 5.74) is 0.615. The predicted octanol–water partition coefficient (Wildman–Crippen LogP) is 3.06. The Morgan fingerprint density at radius 2 is 2.00 bits per heavy atom. The molecule has 9 nitrogen and oxygen atoms in total. The van der Waals surface area contributed by atoms with Crippen LogP contribution in [0.15, 0.2) is 62.2 Å². The molecule has 166 valence electrons. The second-order valence-corrected chi connectivity index (χ2v) is 9.12. The fourth-order valence-electron chi connectivity index (χ4n) is 3.44. The highest BCUT2D eigenvalue weighted by Gasteiger charge is 2.34. The number of thiophene rings is 1. The van der Waals surface area contributed by atoms with Crippen LogP contribution < -0.4 is 10.9 Å². The Labute approximate surface area is 194 Å². The molecule has 1 aliphatic heterocycles. The number of amides is 3. The van der Waals surface area contributed by atoms with E-state index in [0.29, 0.717) is 16.0 Å². The molecule has 1 aromatic carbocycles. The van der Waals surface area contributed by atoms with Crippen LogP contribution in [0.25, 0.3) is 28.1 Å². The molecule has 3 amide bonds. The van der Waals surface area contributed by atoms with Crippen LogP contribution in [0.3, 0.4) is 0 Å². The average Bonchev–Trinajstić information content (AvgIpc) is 3.51. The summed E-state index contributed by atoms with van der Waals surface area (Å²) in [7, 11) is 0. The minimum atomic E-state index is -0.462. The normalized spacial score (nSPS) is 15.3. The van der Waals surface area contributed by atoms with Crippen LogP contribution in [-0.2, 0) is 16.1 Å². The maximum absolute atomic E-state index is 12.7. The van der Waals surface area contributed by atoms with E-state index in [1.165, 1.54) is 17.7 Å². The summed E-state index contributed by atoms with van der Waals surface area (Å²) < 4.78 is 6.77. The number of carbonyl (C=O) groups is 3. The monoisotopic (exact) mass is 480 g/mol. The maximum atomic E-state index is 12.7. The van der Waals surface area contributed by atoms with Crippen molar-refractivity contribution in [2.24, 2.45) is 0 Å². The zero-order valence-electron chi connectivity index (χ0n) is 17.0. The zero-order chi connectivity index (χ0) is 22.9. The van der Waals surface area contributed by atoms with E-state index >= 15 is 0 Å². The minimum absolute atomic E-state index is 0.0357. The number of thioether (sulfide) groups is 1. The summed E-state index contributed by atoms with van der Waals surface area (Å²) in [6.07, 6.45) is 2.99. The first-order valence-corrected chi connectivity index (χ1v) is 11.6. The number of para-hydroxylation sites is 1. The van der Waals surface area contributed by atoms with Gasteiger partial charge in [-0.2, -0.15) is 0 Å². The molecule has 0 bridgehead atoms. The third-order valence-electron chi connectivity index (χ3n) is 5.01. The van der Waals surface area contributed by atoms with E-state index in [0.717, 1.165) is 31.5 Å². The summed E-state index contributed by atoms with van der Waals surface area (Å²) in [6, 6.07) is 10.9. The van der Waals surface area contributed by atoms with Crippen molar-refractivity contribution in [1.29, 1.82) is 0 Å². The molecule has 5 rings (SSSR count). The van der Waals surface area contributed by atoms with Crippen molar-refractivity contribution in [3.63, 3.8) is 0 Å². The molecule has 0 spiro atoms. The topological polar surface area (TPSA) is 115 Å². The molecule has 1 fully saturated rings. The van der Waals surface area contributed by atoms with Gasteiger partial charge in [-0.1, -0.05) is 18.2 Å². The predicted molar refractivity (Wildman–Crippen MR) is 126 cm³/mol. The molecule has 0 atom stereocenters. The van der Waals surface area contributed by atoms with Gasteiger partial charge in [0.15, 0.2) is 0 Å². The fourth-order valence-corrected chi connectivity index (χ4v) is 5.03. The lowest BCUT2D eigenvalue weighted by Crippen LogP contribution is -2.39. The molecule has 4 heterocycles. The van der Waals surface area contributed by atoms with Crippen molar-refractivity contribution in [1.82, 2.24) is 19.8 Å². The van der Waals surface area contributed by atoms with Gasteiger partial charge >= 0.3 is 0 Å². The fraction of sp³-hybridized carbons (Fsp3) is 0.136. The molecule has 11 heteroatoms.